The first-order valence-corrected chi connectivity index (χ1v) is 7.60. The molecule has 0 saturated carbocycles. The number of anilines is 1. The van der Waals surface area contributed by atoms with Crippen LogP contribution in [0.4, 0.5) is 5.69 Å². The summed E-state index contributed by atoms with van der Waals surface area (Å²) < 4.78 is 8.36. The van der Waals surface area contributed by atoms with Crippen LogP contribution in [0.1, 0.15) is 15.2 Å². The Morgan fingerprint density at radius 2 is 2.20 bits per heavy atom. The maximum atomic E-state index is 11.1. The second-order valence-electron chi connectivity index (χ2n) is 3.99. The van der Waals surface area contributed by atoms with Crippen LogP contribution in [0.25, 0.3) is 11.0 Å². The predicted molar refractivity (Wildman–Crippen MR) is 81.0 cm³/mol. The van der Waals surface area contributed by atoms with Gasteiger partial charge in [0.05, 0.1) is 22.4 Å². The number of fused-ring (bicyclic) bond motifs is 1. The number of aromatic carboxylic acids is 1. The summed E-state index contributed by atoms with van der Waals surface area (Å²) in [5.74, 6) is -0.920. The molecule has 0 amide bonds. The Hall–Kier alpha value is -1.70. The van der Waals surface area contributed by atoms with Gasteiger partial charge in [0.1, 0.15) is 15.9 Å². The second-order valence-corrected chi connectivity index (χ2v) is 5.84. The van der Waals surface area contributed by atoms with E-state index in [1.165, 1.54) is 11.3 Å². The van der Waals surface area contributed by atoms with Gasteiger partial charge in [0.15, 0.2) is 0 Å². The number of carboxylic acids is 1. The summed E-state index contributed by atoms with van der Waals surface area (Å²) in [4.78, 5) is 11.4. The van der Waals surface area contributed by atoms with Crippen LogP contribution in [0, 0.1) is 0 Å². The maximum Gasteiger partial charge on any atom is 0.346 e. The first kappa shape index (κ1) is 13.3. The summed E-state index contributed by atoms with van der Waals surface area (Å²) in [6, 6.07) is 5.34. The van der Waals surface area contributed by atoms with Gasteiger partial charge in [-0.15, -0.1) is 11.3 Å². The van der Waals surface area contributed by atoms with Gasteiger partial charge < -0.3 is 10.4 Å². The maximum absolute atomic E-state index is 11.1. The van der Waals surface area contributed by atoms with Crippen LogP contribution in [0.5, 0.6) is 0 Å². The van der Waals surface area contributed by atoms with Gasteiger partial charge >= 0.3 is 5.97 Å². The third kappa shape index (κ3) is 2.35. The highest BCUT2D eigenvalue weighted by molar-refractivity contribution is 7.12. The highest BCUT2D eigenvalue weighted by Crippen LogP contribution is 2.30. The van der Waals surface area contributed by atoms with Crippen molar-refractivity contribution in [3.63, 3.8) is 0 Å². The fourth-order valence-electron chi connectivity index (χ4n) is 1.84. The summed E-state index contributed by atoms with van der Waals surface area (Å²) >= 11 is 8.48. The lowest BCUT2D eigenvalue weighted by atomic mass is 10.2. The van der Waals surface area contributed by atoms with Crippen molar-refractivity contribution in [2.75, 3.05) is 5.32 Å². The van der Waals surface area contributed by atoms with Gasteiger partial charge in [-0.05, 0) is 29.1 Å². The van der Waals surface area contributed by atoms with Crippen molar-refractivity contribution in [2.24, 2.45) is 0 Å². The average molecular weight is 326 g/mol. The Morgan fingerprint density at radius 3 is 3.00 bits per heavy atom. The van der Waals surface area contributed by atoms with Crippen LogP contribution in [-0.2, 0) is 6.54 Å². The van der Waals surface area contributed by atoms with E-state index in [-0.39, 0.29) is 0 Å². The topological polar surface area (TPSA) is 75.1 Å². The standard InChI is InChI=1S/C12H8ClN3O2S2/c13-7-1-2-8-10(16-20-15-8)9(7)14-5-6-3-4-19-11(6)12(17)18/h1-4,14H,5H2,(H,17,18). The molecule has 3 aromatic rings. The largest absolute Gasteiger partial charge is 0.477 e. The number of hydrogen-bond acceptors (Lipinski definition) is 6. The van der Waals surface area contributed by atoms with E-state index in [4.69, 9.17) is 16.7 Å². The van der Waals surface area contributed by atoms with E-state index in [1.54, 1.807) is 23.6 Å². The van der Waals surface area contributed by atoms with Gasteiger partial charge in [0.2, 0.25) is 0 Å². The lowest BCUT2D eigenvalue weighted by Gasteiger charge is -2.08. The molecule has 8 heteroatoms. The molecule has 102 valence electrons. The second kappa shape index (κ2) is 5.35. The monoisotopic (exact) mass is 325 g/mol. The predicted octanol–water partition coefficient (Wildman–Crippen LogP) is 3.72. The number of aromatic nitrogens is 2. The molecule has 5 nitrogen and oxygen atoms in total. The molecule has 20 heavy (non-hydrogen) atoms. The van der Waals surface area contributed by atoms with E-state index in [2.05, 4.69) is 14.1 Å². The van der Waals surface area contributed by atoms with Gasteiger partial charge in [0.25, 0.3) is 0 Å². The Kier molecular flexibility index (Phi) is 3.56. The molecule has 0 unspecified atom stereocenters. The van der Waals surface area contributed by atoms with Crippen LogP contribution in [0.15, 0.2) is 23.6 Å². The molecular weight excluding hydrogens is 318 g/mol. The number of nitrogens with zero attached hydrogens (tertiary/aromatic N) is 2. The Bertz CT molecular complexity index is 784. The molecule has 0 spiro atoms. The normalized spacial score (nSPS) is 10.8. The van der Waals surface area contributed by atoms with Crippen LogP contribution in [-0.4, -0.2) is 19.8 Å². The molecular formula is C12H8ClN3O2S2. The van der Waals surface area contributed by atoms with Gasteiger partial charge in [-0.2, -0.15) is 8.75 Å². The number of nitrogens with one attached hydrogen (secondary N) is 1. The molecule has 2 heterocycles. The lowest BCUT2D eigenvalue weighted by Crippen LogP contribution is -2.04. The van der Waals surface area contributed by atoms with Crippen molar-refractivity contribution in [3.05, 3.63) is 39.0 Å². The molecule has 0 aliphatic carbocycles. The van der Waals surface area contributed by atoms with Crippen molar-refractivity contribution in [2.45, 2.75) is 6.54 Å². The van der Waals surface area contributed by atoms with Crippen molar-refractivity contribution < 1.29 is 9.90 Å². The van der Waals surface area contributed by atoms with Gasteiger partial charge in [0, 0.05) is 6.54 Å². The number of thiophene rings is 1. The van der Waals surface area contributed by atoms with E-state index in [1.807, 2.05) is 0 Å². The van der Waals surface area contributed by atoms with Crippen LogP contribution in [0.2, 0.25) is 5.02 Å². The number of carbonyl (C=O) groups is 1. The molecule has 3 rings (SSSR count). The highest BCUT2D eigenvalue weighted by Gasteiger charge is 2.14. The number of carboxylic acid groups (broad SMARTS) is 1. The first-order valence-electron chi connectivity index (χ1n) is 5.61. The third-order valence-electron chi connectivity index (χ3n) is 2.77. The Balaban J connectivity index is 1.90. The average Bonchev–Trinajstić information content (AvgIpc) is 3.05. The molecule has 0 saturated heterocycles. The zero-order chi connectivity index (χ0) is 14.1. The summed E-state index contributed by atoms with van der Waals surface area (Å²) in [5.41, 5.74) is 2.87. The SMILES string of the molecule is O=C(O)c1sccc1CNc1c(Cl)ccc2nsnc12. The highest BCUT2D eigenvalue weighted by atomic mass is 35.5. The number of rotatable bonds is 4. The molecule has 0 fully saturated rings. The van der Waals surface area contributed by atoms with Crippen molar-refractivity contribution >= 4 is 57.4 Å². The van der Waals surface area contributed by atoms with Crippen molar-refractivity contribution in [1.29, 1.82) is 0 Å². The van der Waals surface area contributed by atoms with Crippen LogP contribution in [0.3, 0.4) is 0 Å². The van der Waals surface area contributed by atoms with Gasteiger partial charge in [-0.3, -0.25) is 0 Å². The molecule has 0 bridgehead atoms. The number of benzene rings is 1. The van der Waals surface area contributed by atoms with Crippen LogP contribution < -0.4 is 5.32 Å². The van der Waals surface area contributed by atoms with Crippen LogP contribution >= 0.6 is 34.7 Å². The zero-order valence-corrected chi connectivity index (χ0v) is 12.3. The molecule has 1 aromatic carbocycles. The number of halogens is 1. The van der Waals surface area contributed by atoms with E-state index in [9.17, 15) is 4.79 Å². The van der Waals surface area contributed by atoms with Crippen molar-refractivity contribution in [3.8, 4) is 0 Å². The fourth-order valence-corrected chi connectivity index (χ4v) is 3.36. The summed E-state index contributed by atoms with van der Waals surface area (Å²) in [6.45, 7) is 0.376. The lowest BCUT2D eigenvalue weighted by molar-refractivity contribution is 0.0701. The zero-order valence-electron chi connectivity index (χ0n) is 9.96. The first-order chi connectivity index (χ1) is 9.66. The van der Waals surface area contributed by atoms with E-state index in [0.717, 1.165) is 22.8 Å². The fraction of sp³-hybridized carbons (Fsp3) is 0.0833. The Morgan fingerprint density at radius 1 is 1.35 bits per heavy atom. The summed E-state index contributed by atoms with van der Waals surface area (Å²) in [7, 11) is 0. The summed E-state index contributed by atoms with van der Waals surface area (Å²) in [5, 5.41) is 14.5. The van der Waals surface area contributed by atoms with Gasteiger partial charge in [-0.25, -0.2) is 4.79 Å². The molecule has 0 aliphatic rings. The minimum atomic E-state index is -0.920. The third-order valence-corrected chi connectivity index (χ3v) is 4.58. The number of hydrogen-bond donors (Lipinski definition) is 2. The molecule has 0 aliphatic heterocycles. The molecule has 0 atom stereocenters. The smallest absolute Gasteiger partial charge is 0.346 e. The van der Waals surface area contributed by atoms with E-state index < -0.39 is 5.97 Å². The molecule has 0 radical (unpaired) electrons. The minimum Gasteiger partial charge on any atom is -0.477 e. The summed E-state index contributed by atoms with van der Waals surface area (Å²) in [6.07, 6.45) is 0. The molecule has 2 N–H and O–H groups in total. The Labute approximate surface area is 127 Å². The quantitative estimate of drug-likeness (QED) is 0.764. The van der Waals surface area contributed by atoms with E-state index in [0.29, 0.717) is 27.6 Å². The molecule has 2 aromatic heterocycles. The van der Waals surface area contributed by atoms with Gasteiger partial charge in [-0.1, -0.05) is 11.6 Å². The minimum absolute atomic E-state index is 0.331. The van der Waals surface area contributed by atoms with E-state index >= 15 is 0 Å². The van der Waals surface area contributed by atoms with Crippen molar-refractivity contribution in [1.82, 2.24) is 8.75 Å².